The van der Waals surface area contributed by atoms with E-state index in [2.05, 4.69) is 41.4 Å². The van der Waals surface area contributed by atoms with Crippen molar-refractivity contribution in [1.29, 1.82) is 0 Å². The fourth-order valence-corrected chi connectivity index (χ4v) is 2.46. The van der Waals surface area contributed by atoms with Crippen LogP contribution < -0.4 is 15.0 Å². The van der Waals surface area contributed by atoms with Gasteiger partial charge in [-0.05, 0) is 49.9 Å². The quantitative estimate of drug-likeness (QED) is 0.923. The van der Waals surface area contributed by atoms with Crippen LogP contribution in [0.5, 0.6) is 5.75 Å². The summed E-state index contributed by atoms with van der Waals surface area (Å²) in [4.78, 5) is 2.46. The maximum Gasteiger partial charge on any atom is 0.119 e. The number of rotatable bonds is 4. The highest BCUT2D eigenvalue weighted by atomic mass is 35.5. The second-order valence-corrected chi connectivity index (χ2v) is 5.49. The number of halogens is 2. The van der Waals surface area contributed by atoms with Crippen molar-refractivity contribution in [1.82, 2.24) is 5.32 Å². The van der Waals surface area contributed by atoms with Crippen LogP contribution in [0.2, 0.25) is 0 Å². The smallest absolute Gasteiger partial charge is 0.119 e. The van der Waals surface area contributed by atoms with Crippen molar-refractivity contribution in [3.05, 3.63) is 24.3 Å². The Morgan fingerprint density at radius 1 is 1.20 bits per heavy atom. The predicted octanol–water partition coefficient (Wildman–Crippen LogP) is 3.12. The maximum absolute atomic E-state index is 5.77. The molecule has 1 N–H and O–H groups in total. The molecule has 0 bridgehead atoms. The van der Waals surface area contributed by atoms with E-state index in [1.54, 1.807) is 0 Å². The molecule has 1 aliphatic carbocycles. The summed E-state index contributed by atoms with van der Waals surface area (Å²) in [5.41, 5.74) is 1.31. The molecule has 2 aliphatic rings. The third kappa shape index (κ3) is 4.44. The van der Waals surface area contributed by atoms with Crippen molar-refractivity contribution in [2.24, 2.45) is 5.92 Å². The Hall–Kier alpha value is -0.640. The summed E-state index contributed by atoms with van der Waals surface area (Å²) in [5.74, 6) is 1.83. The first-order valence-electron chi connectivity index (χ1n) is 7.03. The van der Waals surface area contributed by atoms with Crippen LogP contribution in [0, 0.1) is 5.92 Å². The van der Waals surface area contributed by atoms with Crippen molar-refractivity contribution < 1.29 is 4.74 Å². The standard InChI is InChI=1S/C15H22N2O.2ClH/c1-12-10-16-8-9-17(12)14-4-6-15(7-5-14)18-11-13-2-3-13;;/h4-7,12-13,16H,2-3,8-11H2,1H3;2*1H. The number of hydrogen-bond donors (Lipinski definition) is 1. The van der Waals surface area contributed by atoms with Crippen molar-refractivity contribution >= 4 is 30.5 Å². The number of benzene rings is 1. The third-order valence-corrected chi connectivity index (χ3v) is 3.85. The van der Waals surface area contributed by atoms with Gasteiger partial charge in [-0.3, -0.25) is 0 Å². The van der Waals surface area contributed by atoms with Crippen LogP contribution in [0.4, 0.5) is 5.69 Å². The van der Waals surface area contributed by atoms with Crippen molar-refractivity contribution in [3.63, 3.8) is 0 Å². The van der Waals surface area contributed by atoms with Gasteiger partial charge in [-0.2, -0.15) is 0 Å². The molecule has 1 aromatic rings. The average molecular weight is 319 g/mol. The molecule has 3 rings (SSSR count). The lowest BCUT2D eigenvalue weighted by molar-refractivity contribution is 0.300. The van der Waals surface area contributed by atoms with Crippen LogP contribution in [0.1, 0.15) is 19.8 Å². The van der Waals surface area contributed by atoms with E-state index in [1.165, 1.54) is 18.5 Å². The highest BCUT2D eigenvalue weighted by Gasteiger charge is 2.22. The topological polar surface area (TPSA) is 24.5 Å². The fraction of sp³-hybridized carbons (Fsp3) is 0.600. The molecule has 1 atom stereocenters. The van der Waals surface area contributed by atoms with Gasteiger partial charge in [0.25, 0.3) is 0 Å². The molecule has 1 saturated carbocycles. The van der Waals surface area contributed by atoms with Gasteiger partial charge in [0, 0.05) is 31.4 Å². The van der Waals surface area contributed by atoms with Gasteiger partial charge in [0.05, 0.1) is 6.61 Å². The van der Waals surface area contributed by atoms with Gasteiger partial charge in [-0.15, -0.1) is 24.8 Å². The molecule has 0 aromatic heterocycles. The molecule has 1 heterocycles. The van der Waals surface area contributed by atoms with Gasteiger partial charge in [-0.1, -0.05) is 0 Å². The molecule has 1 saturated heterocycles. The number of anilines is 1. The number of nitrogens with zero attached hydrogens (tertiary/aromatic N) is 1. The Labute approximate surface area is 133 Å². The Balaban J connectivity index is 0.000001000. The SMILES string of the molecule is CC1CNCCN1c1ccc(OCC2CC2)cc1.Cl.Cl. The van der Waals surface area contributed by atoms with Crippen molar-refractivity contribution in [2.75, 3.05) is 31.1 Å². The molecule has 1 aromatic carbocycles. The molecule has 1 aliphatic heterocycles. The minimum atomic E-state index is 0. The van der Waals surface area contributed by atoms with E-state index in [9.17, 15) is 0 Å². The Kier molecular flexibility index (Phi) is 6.93. The maximum atomic E-state index is 5.77. The van der Waals surface area contributed by atoms with Crippen LogP contribution in [0.15, 0.2) is 24.3 Å². The summed E-state index contributed by atoms with van der Waals surface area (Å²) >= 11 is 0. The van der Waals surface area contributed by atoms with Crippen LogP contribution in [0.25, 0.3) is 0 Å². The lowest BCUT2D eigenvalue weighted by atomic mass is 10.2. The first-order chi connectivity index (χ1) is 8.83. The van der Waals surface area contributed by atoms with Gasteiger partial charge >= 0.3 is 0 Å². The Morgan fingerprint density at radius 2 is 1.90 bits per heavy atom. The van der Waals surface area contributed by atoms with E-state index in [4.69, 9.17) is 4.74 Å². The molecule has 5 heteroatoms. The molecule has 114 valence electrons. The molecule has 1 unspecified atom stereocenters. The van der Waals surface area contributed by atoms with Gasteiger partial charge < -0.3 is 15.0 Å². The summed E-state index contributed by atoms with van der Waals surface area (Å²) in [6, 6.07) is 9.14. The Bertz CT molecular complexity index is 395. The molecule has 3 nitrogen and oxygen atoms in total. The first kappa shape index (κ1) is 17.4. The lowest BCUT2D eigenvalue weighted by Gasteiger charge is -2.35. The highest BCUT2D eigenvalue weighted by Crippen LogP contribution is 2.30. The minimum absolute atomic E-state index is 0. The van der Waals surface area contributed by atoms with E-state index in [0.29, 0.717) is 6.04 Å². The zero-order chi connectivity index (χ0) is 12.4. The molecule has 20 heavy (non-hydrogen) atoms. The van der Waals surface area contributed by atoms with E-state index in [-0.39, 0.29) is 24.8 Å². The normalized spacial score (nSPS) is 21.6. The lowest BCUT2D eigenvalue weighted by Crippen LogP contribution is -2.49. The molecular formula is C15H24Cl2N2O. The zero-order valence-electron chi connectivity index (χ0n) is 11.9. The van der Waals surface area contributed by atoms with Crippen LogP contribution in [0.3, 0.4) is 0 Å². The molecular weight excluding hydrogens is 295 g/mol. The summed E-state index contributed by atoms with van der Waals surface area (Å²) < 4.78 is 5.77. The zero-order valence-corrected chi connectivity index (χ0v) is 13.5. The van der Waals surface area contributed by atoms with Gasteiger partial charge in [0.1, 0.15) is 5.75 Å². The van der Waals surface area contributed by atoms with Crippen LogP contribution in [-0.4, -0.2) is 32.3 Å². The van der Waals surface area contributed by atoms with Crippen molar-refractivity contribution in [3.8, 4) is 5.75 Å². The number of ether oxygens (including phenoxy) is 1. The van der Waals surface area contributed by atoms with E-state index >= 15 is 0 Å². The third-order valence-electron chi connectivity index (χ3n) is 3.85. The molecule has 0 radical (unpaired) electrons. The van der Waals surface area contributed by atoms with Crippen LogP contribution in [-0.2, 0) is 0 Å². The first-order valence-corrected chi connectivity index (χ1v) is 7.03. The molecule has 0 spiro atoms. The highest BCUT2D eigenvalue weighted by molar-refractivity contribution is 5.85. The molecule has 2 fully saturated rings. The van der Waals surface area contributed by atoms with E-state index in [1.807, 2.05) is 0 Å². The van der Waals surface area contributed by atoms with E-state index in [0.717, 1.165) is 37.9 Å². The largest absolute Gasteiger partial charge is 0.493 e. The average Bonchev–Trinajstić information content (AvgIpc) is 3.22. The van der Waals surface area contributed by atoms with Gasteiger partial charge in [0.15, 0.2) is 0 Å². The summed E-state index contributed by atoms with van der Waals surface area (Å²) in [6.45, 7) is 6.39. The fourth-order valence-electron chi connectivity index (χ4n) is 2.46. The Morgan fingerprint density at radius 3 is 2.50 bits per heavy atom. The van der Waals surface area contributed by atoms with E-state index < -0.39 is 0 Å². The summed E-state index contributed by atoms with van der Waals surface area (Å²) in [6.07, 6.45) is 2.69. The second-order valence-electron chi connectivity index (χ2n) is 5.49. The second kappa shape index (κ2) is 7.96. The minimum Gasteiger partial charge on any atom is -0.493 e. The number of nitrogens with one attached hydrogen (secondary N) is 1. The number of hydrogen-bond acceptors (Lipinski definition) is 3. The van der Waals surface area contributed by atoms with Gasteiger partial charge in [0.2, 0.25) is 0 Å². The summed E-state index contributed by atoms with van der Waals surface area (Å²) in [7, 11) is 0. The number of piperazine rings is 1. The molecule has 0 amide bonds. The summed E-state index contributed by atoms with van der Waals surface area (Å²) in [5, 5.41) is 3.42. The van der Waals surface area contributed by atoms with Gasteiger partial charge in [-0.25, -0.2) is 0 Å². The van der Waals surface area contributed by atoms with Crippen molar-refractivity contribution in [2.45, 2.75) is 25.8 Å². The predicted molar refractivity (Wildman–Crippen MR) is 88.8 cm³/mol. The van der Waals surface area contributed by atoms with Crippen LogP contribution >= 0.6 is 24.8 Å². The monoisotopic (exact) mass is 318 g/mol.